The van der Waals surface area contributed by atoms with E-state index in [1.165, 1.54) is 6.92 Å². The van der Waals surface area contributed by atoms with Crippen LogP contribution in [0.5, 0.6) is 0 Å². The molecule has 6 heteroatoms. The van der Waals surface area contributed by atoms with E-state index in [-0.39, 0.29) is 29.7 Å². The molecule has 2 saturated heterocycles. The summed E-state index contributed by atoms with van der Waals surface area (Å²) in [4.78, 5) is 38.2. The van der Waals surface area contributed by atoms with Crippen LogP contribution in [-0.4, -0.2) is 48.3 Å². The molecule has 0 aliphatic carbocycles. The molecule has 2 fully saturated rings. The monoisotopic (exact) mass is 433 g/mol. The zero-order valence-electron chi connectivity index (χ0n) is 18.6. The van der Waals surface area contributed by atoms with Gasteiger partial charge in [-0.25, -0.2) is 0 Å². The number of hydrogen-bond donors (Lipinski definition) is 2. The quantitative estimate of drug-likeness (QED) is 0.760. The first-order valence-electron chi connectivity index (χ1n) is 11.5. The Morgan fingerprint density at radius 3 is 2.47 bits per heavy atom. The average molecular weight is 434 g/mol. The van der Waals surface area contributed by atoms with Crippen molar-refractivity contribution in [3.05, 3.63) is 59.7 Å². The third-order valence-electron chi connectivity index (χ3n) is 6.47. The van der Waals surface area contributed by atoms with Gasteiger partial charge in [0.05, 0.1) is 0 Å². The number of nitrogens with one attached hydrogen (secondary N) is 2. The fourth-order valence-electron chi connectivity index (χ4n) is 4.68. The highest BCUT2D eigenvalue weighted by atomic mass is 16.2. The topological polar surface area (TPSA) is 78.5 Å². The first-order chi connectivity index (χ1) is 15.5. The van der Waals surface area contributed by atoms with Crippen molar-refractivity contribution in [2.24, 2.45) is 5.92 Å². The summed E-state index contributed by atoms with van der Waals surface area (Å²) in [5.41, 5.74) is 3.90. The smallest absolute Gasteiger partial charge is 0.253 e. The van der Waals surface area contributed by atoms with Crippen molar-refractivity contribution in [3.63, 3.8) is 0 Å². The Hall–Kier alpha value is -3.15. The lowest BCUT2D eigenvalue weighted by molar-refractivity contribution is -0.126. The van der Waals surface area contributed by atoms with Crippen LogP contribution in [0.4, 0.5) is 0 Å². The molecule has 1 unspecified atom stereocenters. The maximum Gasteiger partial charge on any atom is 0.253 e. The summed E-state index contributed by atoms with van der Waals surface area (Å²) in [6, 6.07) is 16.2. The second-order valence-electron chi connectivity index (χ2n) is 8.88. The first-order valence-corrected chi connectivity index (χ1v) is 11.5. The minimum Gasteiger partial charge on any atom is -0.356 e. The van der Waals surface area contributed by atoms with E-state index in [4.69, 9.17) is 0 Å². The zero-order chi connectivity index (χ0) is 22.5. The van der Waals surface area contributed by atoms with E-state index in [2.05, 4.69) is 34.9 Å². The van der Waals surface area contributed by atoms with Gasteiger partial charge in [-0.2, -0.15) is 0 Å². The molecule has 3 amide bonds. The van der Waals surface area contributed by atoms with E-state index < -0.39 is 0 Å². The van der Waals surface area contributed by atoms with Gasteiger partial charge in [0.15, 0.2) is 0 Å². The van der Waals surface area contributed by atoms with Crippen LogP contribution in [0.15, 0.2) is 48.5 Å². The normalized spacial score (nSPS) is 19.3. The number of carbonyl (C=O) groups excluding carboxylic acids is 3. The van der Waals surface area contributed by atoms with Crippen LogP contribution in [0.3, 0.4) is 0 Å². The molecule has 2 heterocycles. The highest BCUT2D eigenvalue weighted by Gasteiger charge is 2.24. The Balaban J connectivity index is 1.40. The molecule has 2 aliphatic rings. The number of hydrogen-bond acceptors (Lipinski definition) is 3. The van der Waals surface area contributed by atoms with E-state index in [1.807, 2.05) is 29.2 Å². The van der Waals surface area contributed by atoms with Gasteiger partial charge < -0.3 is 15.5 Å². The van der Waals surface area contributed by atoms with Crippen molar-refractivity contribution in [2.75, 3.05) is 19.6 Å². The third kappa shape index (κ3) is 5.36. The predicted molar refractivity (Wildman–Crippen MR) is 124 cm³/mol. The fourth-order valence-corrected chi connectivity index (χ4v) is 4.68. The lowest BCUT2D eigenvalue weighted by Crippen LogP contribution is -2.46. The van der Waals surface area contributed by atoms with Crippen LogP contribution < -0.4 is 10.6 Å². The first kappa shape index (κ1) is 22.1. The summed E-state index contributed by atoms with van der Waals surface area (Å²) in [6.45, 7) is 3.62. The van der Waals surface area contributed by atoms with Crippen LogP contribution in [-0.2, 0) is 16.0 Å². The predicted octanol–water partition coefficient (Wildman–Crippen LogP) is 3.16. The molecule has 0 saturated carbocycles. The Bertz CT molecular complexity index is 978. The molecule has 1 atom stereocenters. The molecule has 2 N–H and O–H groups in total. The van der Waals surface area contributed by atoms with Crippen molar-refractivity contribution < 1.29 is 14.4 Å². The van der Waals surface area contributed by atoms with Gasteiger partial charge in [0.1, 0.15) is 0 Å². The Morgan fingerprint density at radius 1 is 1.03 bits per heavy atom. The minimum absolute atomic E-state index is 0.0181. The summed E-state index contributed by atoms with van der Waals surface area (Å²) in [5.74, 6) is 0.238. The van der Waals surface area contributed by atoms with E-state index in [0.29, 0.717) is 18.7 Å². The number of benzene rings is 2. The number of likely N-dealkylation sites (tertiary alicyclic amines) is 1. The molecule has 6 nitrogen and oxygen atoms in total. The van der Waals surface area contributed by atoms with Gasteiger partial charge >= 0.3 is 0 Å². The standard InChI is InChI=1S/C26H31N3O3/c1-18(30)28-24-11-14-29(15-12-24)26(32)23-5-2-4-21(17-23)20-9-7-19(8-10-20)16-22-6-3-13-27-25(22)31/h2,4-5,7-10,17,22,24H,3,6,11-16H2,1H3,(H,27,31)(H,28,30). The van der Waals surface area contributed by atoms with Crippen LogP contribution in [0.2, 0.25) is 0 Å². The number of amides is 3. The van der Waals surface area contributed by atoms with Crippen molar-refractivity contribution >= 4 is 17.7 Å². The van der Waals surface area contributed by atoms with Crippen LogP contribution in [0, 0.1) is 5.92 Å². The summed E-state index contributed by atoms with van der Waals surface area (Å²) in [5, 5.41) is 5.90. The van der Waals surface area contributed by atoms with Gasteiger partial charge in [0, 0.05) is 44.1 Å². The molecule has 0 spiro atoms. The van der Waals surface area contributed by atoms with Gasteiger partial charge in [0.25, 0.3) is 5.91 Å². The van der Waals surface area contributed by atoms with Crippen molar-refractivity contribution in [1.29, 1.82) is 0 Å². The average Bonchev–Trinajstić information content (AvgIpc) is 2.81. The van der Waals surface area contributed by atoms with Gasteiger partial charge in [-0.1, -0.05) is 36.4 Å². The fraction of sp³-hybridized carbons (Fsp3) is 0.423. The largest absolute Gasteiger partial charge is 0.356 e. The second kappa shape index (κ2) is 9.98. The van der Waals surface area contributed by atoms with Gasteiger partial charge in [-0.05, 0) is 60.9 Å². The number of rotatable bonds is 5. The van der Waals surface area contributed by atoms with Crippen molar-refractivity contribution in [3.8, 4) is 11.1 Å². The molecule has 0 radical (unpaired) electrons. The van der Waals surface area contributed by atoms with Gasteiger partial charge in [0.2, 0.25) is 11.8 Å². The summed E-state index contributed by atoms with van der Waals surface area (Å²) < 4.78 is 0. The Morgan fingerprint density at radius 2 is 1.78 bits per heavy atom. The number of nitrogens with zero attached hydrogens (tertiary/aromatic N) is 1. The van der Waals surface area contributed by atoms with E-state index in [0.717, 1.165) is 55.3 Å². The molecule has 2 aromatic carbocycles. The van der Waals surface area contributed by atoms with E-state index in [1.54, 1.807) is 0 Å². The molecule has 0 aromatic heterocycles. The molecular weight excluding hydrogens is 402 g/mol. The molecule has 0 bridgehead atoms. The Labute approximate surface area is 189 Å². The molecule has 168 valence electrons. The highest BCUT2D eigenvalue weighted by molar-refractivity contribution is 5.95. The van der Waals surface area contributed by atoms with Crippen LogP contribution in [0.1, 0.15) is 48.5 Å². The van der Waals surface area contributed by atoms with Gasteiger partial charge in [-0.3, -0.25) is 14.4 Å². The van der Waals surface area contributed by atoms with Crippen LogP contribution >= 0.6 is 0 Å². The second-order valence-corrected chi connectivity index (χ2v) is 8.88. The third-order valence-corrected chi connectivity index (χ3v) is 6.47. The molecular formula is C26H31N3O3. The zero-order valence-corrected chi connectivity index (χ0v) is 18.6. The molecule has 32 heavy (non-hydrogen) atoms. The maximum atomic E-state index is 13.0. The molecule has 2 aromatic rings. The minimum atomic E-state index is -0.0181. The SMILES string of the molecule is CC(=O)NC1CCN(C(=O)c2cccc(-c3ccc(CC4CCCNC4=O)cc3)c2)CC1. The van der Waals surface area contributed by atoms with Crippen molar-refractivity contribution in [2.45, 2.75) is 45.1 Å². The Kier molecular flexibility index (Phi) is 6.88. The van der Waals surface area contributed by atoms with E-state index >= 15 is 0 Å². The summed E-state index contributed by atoms with van der Waals surface area (Å²) in [6.07, 6.45) is 4.32. The lowest BCUT2D eigenvalue weighted by atomic mass is 9.91. The summed E-state index contributed by atoms with van der Waals surface area (Å²) in [7, 11) is 0. The van der Waals surface area contributed by atoms with Crippen LogP contribution in [0.25, 0.3) is 11.1 Å². The highest BCUT2D eigenvalue weighted by Crippen LogP contribution is 2.24. The maximum absolute atomic E-state index is 13.0. The number of piperidine rings is 2. The van der Waals surface area contributed by atoms with E-state index in [9.17, 15) is 14.4 Å². The van der Waals surface area contributed by atoms with Crippen molar-refractivity contribution in [1.82, 2.24) is 15.5 Å². The molecule has 2 aliphatic heterocycles. The van der Waals surface area contributed by atoms with Gasteiger partial charge in [-0.15, -0.1) is 0 Å². The molecule has 4 rings (SSSR count). The lowest BCUT2D eigenvalue weighted by Gasteiger charge is -2.32. The number of carbonyl (C=O) groups is 3. The summed E-state index contributed by atoms with van der Waals surface area (Å²) >= 11 is 0.